The van der Waals surface area contributed by atoms with Crippen LogP contribution in [0.25, 0.3) is 0 Å². The summed E-state index contributed by atoms with van der Waals surface area (Å²) in [6.45, 7) is 4.18. The molecule has 1 heterocycles. The van der Waals surface area contributed by atoms with Gasteiger partial charge < -0.3 is 5.32 Å². The van der Waals surface area contributed by atoms with Crippen LogP contribution >= 0.6 is 22.9 Å². The van der Waals surface area contributed by atoms with Crippen LogP contribution in [0.1, 0.15) is 47.5 Å². The van der Waals surface area contributed by atoms with Crippen molar-refractivity contribution in [2.24, 2.45) is 0 Å². The fourth-order valence-electron chi connectivity index (χ4n) is 2.70. The maximum Gasteiger partial charge on any atom is 0.124 e. The van der Waals surface area contributed by atoms with Crippen LogP contribution in [0.5, 0.6) is 0 Å². The summed E-state index contributed by atoms with van der Waals surface area (Å²) in [5.41, 5.74) is 2.11. The number of aryl methyl sites for hydroxylation is 2. The summed E-state index contributed by atoms with van der Waals surface area (Å²) in [4.78, 5) is 6.18. The van der Waals surface area contributed by atoms with Crippen LogP contribution in [-0.2, 0) is 12.8 Å². The van der Waals surface area contributed by atoms with E-state index >= 15 is 0 Å². The Morgan fingerprint density at radius 1 is 1.33 bits per heavy atom. The highest BCUT2D eigenvalue weighted by molar-refractivity contribution is 7.11. The molecule has 0 spiro atoms. The van der Waals surface area contributed by atoms with Crippen LogP contribution in [0.4, 0.5) is 4.39 Å². The van der Waals surface area contributed by atoms with Crippen molar-refractivity contribution in [3.63, 3.8) is 0 Å². The van der Waals surface area contributed by atoms with Gasteiger partial charge in [0.25, 0.3) is 0 Å². The maximum atomic E-state index is 13.3. The van der Waals surface area contributed by atoms with Crippen molar-refractivity contribution in [1.29, 1.82) is 0 Å². The zero-order chi connectivity index (χ0) is 15.0. The number of aromatic nitrogens is 1. The number of nitrogens with one attached hydrogen (secondary N) is 1. The summed E-state index contributed by atoms with van der Waals surface area (Å²) >= 11 is 8.00. The van der Waals surface area contributed by atoms with Crippen LogP contribution in [0.15, 0.2) is 18.2 Å². The molecule has 0 saturated heterocycles. The number of benzene rings is 1. The molecular weight excluding hydrogens is 307 g/mol. The maximum absolute atomic E-state index is 13.3. The molecule has 2 nitrogen and oxygen atoms in total. The highest BCUT2D eigenvalue weighted by Crippen LogP contribution is 2.35. The Morgan fingerprint density at radius 2 is 2.14 bits per heavy atom. The van der Waals surface area contributed by atoms with Crippen LogP contribution in [0.3, 0.4) is 0 Å². The topological polar surface area (TPSA) is 24.9 Å². The lowest BCUT2D eigenvalue weighted by atomic mass is 10.1. The van der Waals surface area contributed by atoms with Gasteiger partial charge in [0.15, 0.2) is 0 Å². The third-order valence-electron chi connectivity index (χ3n) is 3.63. The molecular formula is C16H18ClFN2S. The van der Waals surface area contributed by atoms with Crippen molar-refractivity contribution in [3.05, 3.63) is 50.2 Å². The molecule has 112 valence electrons. The lowest BCUT2D eigenvalue weighted by Gasteiger charge is -2.21. The van der Waals surface area contributed by atoms with Gasteiger partial charge in [-0.15, -0.1) is 11.3 Å². The van der Waals surface area contributed by atoms with Gasteiger partial charge in [0.05, 0.1) is 11.7 Å². The Labute approximate surface area is 133 Å². The minimum Gasteiger partial charge on any atom is -0.302 e. The summed E-state index contributed by atoms with van der Waals surface area (Å²) in [5.74, 6) is -0.311. The zero-order valence-electron chi connectivity index (χ0n) is 12.1. The first kappa shape index (κ1) is 14.9. The fourth-order valence-corrected chi connectivity index (χ4v) is 4.21. The second-order valence-electron chi connectivity index (χ2n) is 5.70. The third kappa shape index (κ3) is 3.12. The van der Waals surface area contributed by atoms with Gasteiger partial charge in [-0.3, -0.25) is 0 Å². The Morgan fingerprint density at radius 3 is 2.81 bits per heavy atom. The Kier molecular flexibility index (Phi) is 4.29. The van der Waals surface area contributed by atoms with E-state index in [1.54, 1.807) is 17.4 Å². The van der Waals surface area contributed by atoms with Crippen molar-refractivity contribution in [3.8, 4) is 0 Å². The van der Waals surface area contributed by atoms with Crippen molar-refractivity contribution in [2.75, 3.05) is 0 Å². The number of thiazole rings is 1. The van der Waals surface area contributed by atoms with Crippen LogP contribution in [0, 0.1) is 5.82 Å². The van der Waals surface area contributed by atoms with Crippen LogP contribution < -0.4 is 5.32 Å². The van der Waals surface area contributed by atoms with Gasteiger partial charge in [-0.2, -0.15) is 0 Å². The molecule has 1 atom stereocenters. The van der Waals surface area contributed by atoms with Crippen molar-refractivity contribution >= 4 is 22.9 Å². The summed E-state index contributed by atoms with van der Waals surface area (Å²) in [5, 5.41) is 4.98. The second-order valence-corrected chi connectivity index (χ2v) is 7.22. The lowest BCUT2D eigenvalue weighted by Crippen LogP contribution is -2.29. The van der Waals surface area contributed by atoms with Gasteiger partial charge in [-0.25, -0.2) is 9.37 Å². The Bertz CT molecular complexity index is 632. The van der Waals surface area contributed by atoms with Gasteiger partial charge >= 0.3 is 0 Å². The molecule has 0 amide bonds. The van der Waals surface area contributed by atoms with E-state index in [2.05, 4.69) is 19.2 Å². The predicted octanol–water partition coefficient (Wildman–Crippen LogP) is 4.51. The number of halogens is 2. The minimum atomic E-state index is -0.311. The molecule has 1 aromatic carbocycles. The van der Waals surface area contributed by atoms with Crippen molar-refractivity contribution in [2.45, 2.75) is 45.2 Å². The first-order chi connectivity index (χ1) is 10.0. The molecule has 1 unspecified atom stereocenters. The molecule has 0 fully saturated rings. The second kappa shape index (κ2) is 6.03. The lowest BCUT2D eigenvalue weighted by molar-refractivity contribution is 0.525. The highest BCUT2D eigenvalue weighted by Gasteiger charge is 2.25. The summed E-state index contributed by atoms with van der Waals surface area (Å²) in [7, 11) is 0. The van der Waals surface area contributed by atoms with Gasteiger partial charge in [0.2, 0.25) is 0 Å². The molecule has 3 rings (SSSR count). The molecule has 21 heavy (non-hydrogen) atoms. The molecule has 5 heteroatoms. The predicted molar refractivity (Wildman–Crippen MR) is 85.7 cm³/mol. The SMILES string of the molecule is CC(C)NC(c1nc2c(s1)CCC2)c1ccc(F)cc1Cl. The monoisotopic (exact) mass is 324 g/mol. The molecule has 2 aromatic rings. The zero-order valence-corrected chi connectivity index (χ0v) is 13.7. The normalized spacial score (nSPS) is 15.5. The largest absolute Gasteiger partial charge is 0.302 e. The number of rotatable bonds is 4. The van der Waals surface area contributed by atoms with Crippen molar-refractivity contribution in [1.82, 2.24) is 10.3 Å². The number of fused-ring (bicyclic) bond motifs is 1. The van der Waals surface area contributed by atoms with Crippen LogP contribution in [-0.4, -0.2) is 11.0 Å². The number of nitrogens with zero attached hydrogens (tertiary/aromatic N) is 1. The van der Waals surface area contributed by atoms with E-state index in [0.717, 1.165) is 23.4 Å². The summed E-state index contributed by atoms with van der Waals surface area (Å²) in [6.07, 6.45) is 3.39. The van der Waals surface area contributed by atoms with E-state index in [4.69, 9.17) is 16.6 Å². The third-order valence-corrected chi connectivity index (χ3v) is 5.18. The molecule has 0 saturated carbocycles. The van der Waals surface area contributed by atoms with Gasteiger partial charge in [-0.05, 0) is 50.8 Å². The number of hydrogen-bond acceptors (Lipinski definition) is 3. The highest BCUT2D eigenvalue weighted by atomic mass is 35.5. The molecule has 0 aliphatic heterocycles. The molecule has 1 aromatic heterocycles. The summed E-state index contributed by atoms with van der Waals surface area (Å²) in [6, 6.07) is 4.79. The Hall–Kier alpha value is -0.970. The summed E-state index contributed by atoms with van der Waals surface area (Å²) < 4.78 is 13.3. The molecule has 1 N–H and O–H groups in total. The van der Waals surface area contributed by atoms with Gasteiger partial charge in [-0.1, -0.05) is 17.7 Å². The average molecular weight is 325 g/mol. The first-order valence-corrected chi connectivity index (χ1v) is 8.43. The van der Waals surface area contributed by atoms with Crippen LogP contribution in [0.2, 0.25) is 5.02 Å². The quantitative estimate of drug-likeness (QED) is 0.895. The smallest absolute Gasteiger partial charge is 0.124 e. The van der Waals surface area contributed by atoms with E-state index < -0.39 is 0 Å². The molecule has 0 radical (unpaired) electrons. The Balaban J connectivity index is 2.00. The van der Waals surface area contributed by atoms with Crippen molar-refractivity contribution < 1.29 is 4.39 Å². The molecule has 1 aliphatic carbocycles. The fraction of sp³-hybridized carbons (Fsp3) is 0.438. The standard InChI is InChI=1S/C16H18ClFN2S/c1-9(2)19-15(11-7-6-10(18)8-12(11)17)16-20-13-4-3-5-14(13)21-16/h6-9,15,19H,3-5H2,1-2H3. The molecule has 0 bridgehead atoms. The molecule has 1 aliphatic rings. The van der Waals surface area contributed by atoms with E-state index in [1.807, 2.05) is 0 Å². The van der Waals surface area contributed by atoms with E-state index in [1.165, 1.54) is 29.1 Å². The van der Waals surface area contributed by atoms with E-state index in [0.29, 0.717) is 5.02 Å². The average Bonchev–Trinajstić information content (AvgIpc) is 2.96. The minimum absolute atomic E-state index is 0.0753. The van der Waals surface area contributed by atoms with E-state index in [9.17, 15) is 4.39 Å². The van der Waals surface area contributed by atoms with E-state index in [-0.39, 0.29) is 17.9 Å². The van der Waals surface area contributed by atoms with Gasteiger partial charge in [0, 0.05) is 15.9 Å². The van der Waals surface area contributed by atoms with Gasteiger partial charge in [0.1, 0.15) is 10.8 Å². The first-order valence-electron chi connectivity index (χ1n) is 7.24. The number of hydrogen-bond donors (Lipinski definition) is 1.